The molecule has 30 heavy (non-hydrogen) atoms. The Morgan fingerprint density at radius 3 is 2.37 bits per heavy atom. The number of carbonyl (C=O) groups excluding carboxylic acids is 1. The van der Waals surface area contributed by atoms with Crippen LogP contribution in [0, 0.1) is 0 Å². The van der Waals surface area contributed by atoms with Gasteiger partial charge in [0, 0.05) is 6.54 Å². The fourth-order valence-electron chi connectivity index (χ4n) is 3.40. The van der Waals surface area contributed by atoms with Crippen LogP contribution in [0.2, 0.25) is 0 Å². The molecule has 2 aromatic rings. The molecule has 0 aromatic heterocycles. The van der Waals surface area contributed by atoms with Crippen LogP contribution in [0.4, 0.5) is 5.69 Å². The minimum Gasteiger partial charge on any atom is -0.507 e. The van der Waals surface area contributed by atoms with E-state index in [1.54, 1.807) is 59.6 Å². The zero-order chi connectivity index (χ0) is 21.3. The van der Waals surface area contributed by atoms with Crippen molar-refractivity contribution in [2.75, 3.05) is 11.6 Å². The van der Waals surface area contributed by atoms with Gasteiger partial charge in [-0.25, -0.2) is 14.8 Å². The minimum absolute atomic E-state index is 0.0764. The van der Waals surface area contributed by atoms with Crippen molar-refractivity contribution in [2.45, 2.75) is 6.92 Å². The van der Waals surface area contributed by atoms with Gasteiger partial charge in [0.05, 0.1) is 22.4 Å². The number of carboxylic acids is 1. The van der Waals surface area contributed by atoms with Gasteiger partial charge < -0.3 is 10.2 Å². The minimum atomic E-state index is -1.02. The number of aromatic hydroxyl groups is 1. The van der Waals surface area contributed by atoms with Crippen molar-refractivity contribution in [3.8, 4) is 5.75 Å². The highest BCUT2D eigenvalue weighted by atomic mass is 16.4. The summed E-state index contributed by atoms with van der Waals surface area (Å²) < 4.78 is 0. The van der Waals surface area contributed by atoms with Gasteiger partial charge in [-0.2, -0.15) is 0 Å². The summed E-state index contributed by atoms with van der Waals surface area (Å²) in [5.41, 5.74) is 1.75. The summed E-state index contributed by atoms with van der Waals surface area (Å²) in [6, 6.07) is 13.2. The van der Waals surface area contributed by atoms with Crippen LogP contribution in [0.5, 0.6) is 5.75 Å². The van der Waals surface area contributed by atoms with E-state index < -0.39 is 5.97 Å². The van der Waals surface area contributed by atoms with Gasteiger partial charge in [-0.15, -0.1) is 0 Å². The first-order valence-electron chi connectivity index (χ1n) is 9.42. The van der Waals surface area contributed by atoms with E-state index in [1.807, 2.05) is 11.9 Å². The predicted octanol–water partition coefficient (Wildman–Crippen LogP) is 3.50. The van der Waals surface area contributed by atoms with E-state index in [1.165, 1.54) is 18.2 Å². The lowest BCUT2D eigenvalue weighted by Crippen LogP contribution is -2.41. The number of aromatic carboxylic acids is 1. The zero-order valence-corrected chi connectivity index (χ0v) is 16.2. The Balaban J connectivity index is 1.90. The molecule has 0 saturated heterocycles. The van der Waals surface area contributed by atoms with Gasteiger partial charge in [0.1, 0.15) is 5.75 Å². The lowest BCUT2D eigenvalue weighted by atomic mass is 10.1. The first-order chi connectivity index (χ1) is 14.5. The molecule has 2 N–H and O–H groups in total. The lowest BCUT2D eigenvalue weighted by Gasteiger charge is -2.32. The van der Waals surface area contributed by atoms with Gasteiger partial charge in [0.2, 0.25) is 0 Å². The molecule has 0 bridgehead atoms. The largest absolute Gasteiger partial charge is 0.507 e. The predicted molar refractivity (Wildman–Crippen MR) is 113 cm³/mol. The number of amidine groups is 1. The average Bonchev–Trinajstić information content (AvgIpc) is 3.13. The number of allylic oxidation sites excluding steroid dienone is 5. The Labute approximate surface area is 173 Å². The van der Waals surface area contributed by atoms with Gasteiger partial charge in [0.15, 0.2) is 17.4 Å². The SMILES string of the molecule is CCN1C(c2ccccc2O)=N/C(=C2/C=CC=CC2=O)N1c1ccc(C(=O)O)cc1. The second-order valence-corrected chi connectivity index (χ2v) is 6.65. The molecule has 1 heterocycles. The van der Waals surface area contributed by atoms with Crippen LogP contribution in [-0.4, -0.2) is 39.4 Å². The van der Waals surface area contributed by atoms with Crippen molar-refractivity contribution in [3.63, 3.8) is 0 Å². The Kier molecular flexibility index (Phi) is 4.93. The van der Waals surface area contributed by atoms with Crippen LogP contribution >= 0.6 is 0 Å². The third kappa shape index (κ3) is 3.26. The van der Waals surface area contributed by atoms with Crippen molar-refractivity contribution in [3.05, 3.63) is 95.4 Å². The summed E-state index contributed by atoms with van der Waals surface area (Å²) >= 11 is 0. The Morgan fingerprint density at radius 2 is 1.73 bits per heavy atom. The van der Waals surface area contributed by atoms with Gasteiger partial charge in [-0.3, -0.25) is 9.80 Å². The summed E-state index contributed by atoms with van der Waals surface area (Å²) in [6.07, 6.45) is 6.59. The van der Waals surface area contributed by atoms with Gasteiger partial charge in [-0.05, 0) is 55.5 Å². The van der Waals surface area contributed by atoms with Crippen molar-refractivity contribution in [1.29, 1.82) is 0 Å². The maximum atomic E-state index is 12.6. The van der Waals surface area contributed by atoms with Crippen LogP contribution < -0.4 is 5.01 Å². The monoisotopic (exact) mass is 401 g/mol. The van der Waals surface area contributed by atoms with E-state index in [2.05, 4.69) is 0 Å². The summed E-state index contributed by atoms with van der Waals surface area (Å²) in [4.78, 5) is 28.5. The maximum absolute atomic E-state index is 12.6. The Hall–Kier alpha value is -4.13. The maximum Gasteiger partial charge on any atom is 0.335 e. The number of phenols is 1. The molecular formula is C23H19N3O4. The molecule has 0 atom stereocenters. The number of nitrogens with zero attached hydrogens (tertiary/aromatic N) is 3. The highest BCUT2D eigenvalue weighted by Crippen LogP contribution is 2.34. The third-order valence-electron chi connectivity index (χ3n) is 4.83. The number of aliphatic imine (C=N–C) groups is 1. The van der Waals surface area contributed by atoms with E-state index >= 15 is 0 Å². The van der Waals surface area contributed by atoms with Gasteiger partial charge in [0.25, 0.3) is 0 Å². The van der Waals surface area contributed by atoms with Crippen molar-refractivity contribution < 1.29 is 19.8 Å². The molecule has 7 heteroatoms. The second-order valence-electron chi connectivity index (χ2n) is 6.65. The van der Waals surface area contributed by atoms with E-state index in [0.29, 0.717) is 35.0 Å². The number of ketones is 1. The normalized spacial score (nSPS) is 18.2. The molecule has 1 aliphatic heterocycles. The van der Waals surface area contributed by atoms with Crippen molar-refractivity contribution in [1.82, 2.24) is 5.01 Å². The van der Waals surface area contributed by atoms with Gasteiger partial charge >= 0.3 is 5.97 Å². The topological polar surface area (TPSA) is 93.4 Å². The number of hydrazine groups is 1. The number of carbonyl (C=O) groups is 2. The number of anilines is 1. The number of hydrogen-bond donors (Lipinski definition) is 2. The van der Waals surface area contributed by atoms with Crippen molar-refractivity contribution >= 4 is 23.3 Å². The summed E-state index contributed by atoms with van der Waals surface area (Å²) in [5.74, 6) is -0.221. The second kappa shape index (κ2) is 7.71. The lowest BCUT2D eigenvalue weighted by molar-refractivity contribution is -0.111. The smallest absolute Gasteiger partial charge is 0.335 e. The van der Waals surface area contributed by atoms with Crippen LogP contribution in [0.3, 0.4) is 0 Å². The molecule has 0 amide bonds. The molecule has 2 aromatic carbocycles. The summed E-state index contributed by atoms with van der Waals surface area (Å²) in [7, 11) is 0. The molecule has 0 fully saturated rings. The number of carboxylic acid groups (broad SMARTS) is 1. The fourth-order valence-corrected chi connectivity index (χ4v) is 3.40. The Bertz CT molecular complexity index is 1140. The number of para-hydroxylation sites is 1. The number of phenolic OH excluding ortho intramolecular Hbond substituents is 1. The number of rotatable bonds is 4. The molecular weight excluding hydrogens is 382 g/mol. The molecule has 4 rings (SSSR count). The molecule has 7 nitrogen and oxygen atoms in total. The Morgan fingerprint density at radius 1 is 1.03 bits per heavy atom. The van der Waals surface area contributed by atoms with Gasteiger partial charge in [-0.1, -0.05) is 24.3 Å². The molecule has 1 aliphatic carbocycles. The molecule has 150 valence electrons. The molecule has 0 saturated carbocycles. The van der Waals surface area contributed by atoms with Crippen LogP contribution in [0.1, 0.15) is 22.8 Å². The first kappa shape index (κ1) is 19.2. The average molecular weight is 401 g/mol. The van der Waals surface area contributed by atoms with Crippen LogP contribution in [0.25, 0.3) is 0 Å². The summed E-state index contributed by atoms with van der Waals surface area (Å²) in [5, 5.41) is 23.2. The molecule has 2 aliphatic rings. The standard InChI is InChI=1S/C23H19N3O4/c1-2-25-21(17-7-3-5-9-19(17)27)24-22(18-8-4-6-10-20(18)28)26(25)16-13-11-15(12-14-16)23(29)30/h3-14,27H,2H2,1H3,(H,29,30)/b22-18+. The number of hydrogen-bond acceptors (Lipinski definition) is 6. The quantitative estimate of drug-likeness (QED) is 0.762. The third-order valence-corrected chi connectivity index (χ3v) is 4.83. The van der Waals surface area contributed by atoms with Crippen LogP contribution in [0.15, 0.2) is 89.2 Å². The fraction of sp³-hybridized carbons (Fsp3) is 0.0870. The highest BCUT2D eigenvalue weighted by Gasteiger charge is 2.34. The van der Waals surface area contributed by atoms with E-state index in [0.717, 1.165) is 0 Å². The zero-order valence-electron chi connectivity index (χ0n) is 16.2. The molecule has 0 radical (unpaired) electrons. The van der Waals surface area contributed by atoms with E-state index in [9.17, 15) is 19.8 Å². The summed E-state index contributed by atoms with van der Waals surface area (Å²) in [6.45, 7) is 2.43. The van der Waals surface area contributed by atoms with Crippen molar-refractivity contribution in [2.24, 2.45) is 4.99 Å². The van der Waals surface area contributed by atoms with Crippen LogP contribution in [-0.2, 0) is 4.79 Å². The molecule has 0 spiro atoms. The first-order valence-corrected chi connectivity index (χ1v) is 9.42. The van der Waals surface area contributed by atoms with E-state index in [4.69, 9.17) is 4.99 Å². The van der Waals surface area contributed by atoms with E-state index in [-0.39, 0.29) is 17.1 Å². The highest BCUT2D eigenvalue weighted by molar-refractivity contribution is 6.11. The number of benzene rings is 2. The molecule has 0 unspecified atom stereocenters.